The molecule has 0 heterocycles. The molecule has 0 aromatic heterocycles. The van der Waals surface area contributed by atoms with E-state index in [4.69, 9.17) is 0 Å². The summed E-state index contributed by atoms with van der Waals surface area (Å²) in [6.45, 7) is 3.73. The Labute approximate surface area is 179 Å². The first-order chi connectivity index (χ1) is 14.4. The van der Waals surface area contributed by atoms with Crippen LogP contribution in [0.15, 0.2) is 59.7 Å². The number of nitrogens with zero attached hydrogens (tertiary/aromatic N) is 2. The van der Waals surface area contributed by atoms with E-state index in [0.29, 0.717) is 17.9 Å². The van der Waals surface area contributed by atoms with Crippen molar-refractivity contribution in [1.82, 2.24) is 10.7 Å². The van der Waals surface area contributed by atoms with Crippen LogP contribution in [0.1, 0.15) is 36.2 Å². The fourth-order valence-electron chi connectivity index (χ4n) is 2.34. The summed E-state index contributed by atoms with van der Waals surface area (Å²) in [5.41, 5.74) is 4.50. The first-order valence-electron chi connectivity index (χ1n) is 9.40. The summed E-state index contributed by atoms with van der Waals surface area (Å²) in [5.74, 6) is 0.135. The number of nitrogens with one attached hydrogen (secondary N) is 2. The molecule has 2 aromatic carbocycles. The molecule has 0 saturated heterocycles. The lowest BCUT2D eigenvalue weighted by Gasteiger charge is -2.17. The number of hydrazone groups is 1. The highest BCUT2D eigenvalue weighted by Crippen LogP contribution is 2.15. The van der Waals surface area contributed by atoms with E-state index in [9.17, 15) is 19.7 Å². The van der Waals surface area contributed by atoms with Gasteiger partial charge in [0.05, 0.1) is 4.92 Å². The molecule has 0 fully saturated rings. The number of hydrogen-bond acceptors (Lipinski definition) is 6. The van der Waals surface area contributed by atoms with Crippen LogP contribution in [0.5, 0.6) is 0 Å². The molecule has 0 aliphatic rings. The average molecular weight is 429 g/mol. The van der Waals surface area contributed by atoms with Crippen LogP contribution in [-0.4, -0.2) is 34.2 Å². The zero-order valence-corrected chi connectivity index (χ0v) is 17.6. The van der Waals surface area contributed by atoms with Gasteiger partial charge in [0.15, 0.2) is 0 Å². The van der Waals surface area contributed by atoms with Crippen LogP contribution in [0.3, 0.4) is 0 Å². The van der Waals surface area contributed by atoms with Crippen LogP contribution in [-0.2, 0) is 10.5 Å². The zero-order chi connectivity index (χ0) is 21.9. The van der Waals surface area contributed by atoms with Crippen LogP contribution in [0, 0.1) is 10.1 Å². The Hall–Kier alpha value is -3.20. The normalized spacial score (nSPS) is 12.1. The standard InChI is InChI=1S/C21H24N4O4S/c1-3-15(2)23-24-21(27)19(14-30-13-16-7-5-4-6-8-16)22-20(26)17-9-11-18(12-10-17)25(28)29/h4-12,19H,3,13-14H2,1-2H3,(H,22,26)(H,24,27)/b23-15-/t19-/m0/s1. The minimum atomic E-state index is -0.810. The molecule has 1 atom stereocenters. The van der Waals surface area contributed by atoms with Gasteiger partial charge in [0.2, 0.25) is 0 Å². The van der Waals surface area contributed by atoms with Crippen LogP contribution in [0.2, 0.25) is 0 Å². The summed E-state index contributed by atoms with van der Waals surface area (Å²) >= 11 is 1.51. The van der Waals surface area contributed by atoms with Gasteiger partial charge in [-0.2, -0.15) is 16.9 Å². The molecule has 2 rings (SSSR count). The first kappa shape index (κ1) is 23.1. The number of benzene rings is 2. The second kappa shape index (κ2) is 11.7. The molecule has 0 spiro atoms. The molecule has 0 saturated carbocycles. The van der Waals surface area contributed by atoms with Crippen molar-refractivity contribution in [2.45, 2.75) is 32.1 Å². The van der Waals surface area contributed by atoms with E-state index in [-0.39, 0.29) is 11.3 Å². The largest absolute Gasteiger partial charge is 0.339 e. The molecule has 9 heteroatoms. The number of hydrogen-bond donors (Lipinski definition) is 2. The predicted octanol–water partition coefficient (Wildman–Crippen LogP) is 3.53. The summed E-state index contributed by atoms with van der Waals surface area (Å²) in [4.78, 5) is 35.4. The van der Waals surface area contributed by atoms with E-state index < -0.39 is 22.8 Å². The van der Waals surface area contributed by atoms with Gasteiger partial charge < -0.3 is 5.32 Å². The Morgan fingerprint density at radius 1 is 1.13 bits per heavy atom. The lowest BCUT2D eigenvalue weighted by molar-refractivity contribution is -0.384. The number of carbonyl (C=O) groups is 2. The molecule has 8 nitrogen and oxygen atoms in total. The van der Waals surface area contributed by atoms with E-state index in [0.717, 1.165) is 11.3 Å². The summed E-state index contributed by atoms with van der Waals surface area (Å²) in [6, 6.07) is 14.2. The predicted molar refractivity (Wildman–Crippen MR) is 118 cm³/mol. The van der Waals surface area contributed by atoms with Gasteiger partial charge in [-0.1, -0.05) is 37.3 Å². The number of carbonyl (C=O) groups excluding carboxylic acids is 2. The first-order valence-corrected chi connectivity index (χ1v) is 10.6. The number of amides is 2. The van der Waals surface area contributed by atoms with E-state index >= 15 is 0 Å². The second-order valence-electron chi connectivity index (χ2n) is 6.51. The maximum absolute atomic E-state index is 12.6. The van der Waals surface area contributed by atoms with Gasteiger partial charge >= 0.3 is 0 Å². The van der Waals surface area contributed by atoms with Crippen molar-refractivity contribution in [2.75, 3.05) is 5.75 Å². The zero-order valence-electron chi connectivity index (χ0n) is 16.8. The highest BCUT2D eigenvalue weighted by molar-refractivity contribution is 7.98. The molecule has 0 radical (unpaired) electrons. The fraction of sp³-hybridized carbons (Fsp3) is 0.286. The minimum absolute atomic E-state index is 0.108. The van der Waals surface area contributed by atoms with Crippen molar-refractivity contribution in [3.63, 3.8) is 0 Å². The van der Waals surface area contributed by atoms with E-state index in [1.54, 1.807) is 6.92 Å². The van der Waals surface area contributed by atoms with Gasteiger partial charge in [0.1, 0.15) is 6.04 Å². The SMILES string of the molecule is CC/C(C)=N\NC(=O)[C@H](CSCc1ccccc1)NC(=O)c1ccc([N+](=O)[O-])cc1. The molecule has 30 heavy (non-hydrogen) atoms. The number of non-ortho nitro benzene ring substituents is 1. The molecule has 2 aromatic rings. The van der Waals surface area contributed by atoms with Crippen molar-refractivity contribution >= 4 is 35.0 Å². The highest BCUT2D eigenvalue weighted by atomic mass is 32.2. The molecule has 2 amide bonds. The monoisotopic (exact) mass is 428 g/mol. The van der Waals surface area contributed by atoms with Crippen molar-refractivity contribution in [3.8, 4) is 0 Å². The van der Waals surface area contributed by atoms with E-state index in [1.807, 2.05) is 37.3 Å². The summed E-state index contributed by atoms with van der Waals surface area (Å²) in [5, 5.41) is 17.5. The summed E-state index contributed by atoms with van der Waals surface area (Å²) < 4.78 is 0. The third kappa shape index (κ3) is 7.32. The fourth-order valence-corrected chi connectivity index (χ4v) is 3.35. The van der Waals surface area contributed by atoms with Crippen molar-refractivity contribution < 1.29 is 14.5 Å². The molecule has 0 aliphatic heterocycles. The maximum atomic E-state index is 12.6. The van der Waals surface area contributed by atoms with Crippen molar-refractivity contribution in [2.24, 2.45) is 5.10 Å². The van der Waals surface area contributed by atoms with Crippen LogP contribution >= 0.6 is 11.8 Å². The van der Waals surface area contributed by atoms with Gasteiger partial charge in [0, 0.05) is 34.9 Å². The molecule has 2 N–H and O–H groups in total. The van der Waals surface area contributed by atoms with Crippen LogP contribution in [0.25, 0.3) is 0 Å². The molecular formula is C21H24N4O4S. The van der Waals surface area contributed by atoms with Crippen molar-refractivity contribution in [3.05, 3.63) is 75.8 Å². The lowest BCUT2D eigenvalue weighted by atomic mass is 10.2. The highest BCUT2D eigenvalue weighted by Gasteiger charge is 2.22. The Morgan fingerprint density at radius 3 is 2.40 bits per heavy atom. The van der Waals surface area contributed by atoms with E-state index in [1.165, 1.54) is 36.0 Å². The third-order valence-electron chi connectivity index (χ3n) is 4.23. The lowest BCUT2D eigenvalue weighted by Crippen LogP contribution is -2.47. The Kier molecular flexibility index (Phi) is 9.02. The summed E-state index contributed by atoms with van der Waals surface area (Å²) in [6.07, 6.45) is 0.697. The van der Waals surface area contributed by atoms with Gasteiger partial charge in [-0.25, -0.2) is 5.43 Å². The van der Waals surface area contributed by atoms with Gasteiger partial charge in [-0.05, 0) is 31.0 Å². The Bertz CT molecular complexity index is 901. The average Bonchev–Trinajstić information content (AvgIpc) is 2.77. The minimum Gasteiger partial charge on any atom is -0.339 e. The maximum Gasteiger partial charge on any atom is 0.269 e. The number of nitro benzene ring substituents is 1. The van der Waals surface area contributed by atoms with Crippen LogP contribution < -0.4 is 10.7 Å². The van der Waals surface area contributed by atoms with Gasteiger partial charge in [-0.3, -0.25) is 19.7 Å². The molecular weight excluding hydrogens is 404 g/mol. The Morgan fingerprint density at radius 2 is 1.80 bits per heavy atom. The quantitative estimate of drug-likeness (QED) is 0.341. The van der Waals surface area contributed by atoms with E-state index in [2.05, 4.69) is 15.8 Å². The van der Waals surface area contributed by atoms with Gasteiger partial charge in [0.25, 0.3) is 17.5 Å². The molecule has 0 bridgehead atoms. The summed E-state index contributed by atoms with van der Waals surface area (Å²) in [7, 11) is 0. The van der Waals surface area contributed by atoms with Crippen molar-refractivity contribution in [1.29, 1.82) is 0 Å². The van der Waals surface area contributed by atoms with Crippen LogP contribution in [0.4, 0.5) is 5.69 Å². The van der Waals surface area contributed by atoms with Gasteiger partial charge in [-0.15, -0.1) is 0 Å². The number of thioether (sulfide) groups is 1. The molecule has 0 aliphatic carbocycles. The molecule has 0 unspecified atom stereocenters. The topological polar surface area (TPSA) is 114 Å². The number of nitro groups is 1. The molecule has 158 valence electrons. The third-order valence-corrected chi connectivity index (χ3v) is 5.33. The number of rotatable bonds is 10. The smallest absolute Gasteiger partial charge is 0.269 e. The Balaban J connectivity index is 2.05. The second-order valence-corrected chi connectivity index (χ2v) is 7.54.